The van der Waals surface area contributed by atoms with E-state index in [-0.39, 0.29) is 18.1 Å². The van der Waals surface area contributed by atoms with Gasteiger partial charge in [0.25, 0.3) is 5.91 Å². The molecule has 1 N–H and O–H groups in total. The minimum Gasteiger partial charge on any atom is -0.481 e. The van der Waals surface area contributed by atoms with E-state index in [1.807, 2.05) is 0 Å². The molecule has 1 fully saturated rings. The number of likely N-dealkylation sites (tertiary alicyclic amines) is 1. The number of aliphatic carboxylic acids is 1. The van der Waals surface area contributed by atoms with E-state index in [4.69, 9.17) is 16.3 Å². The van der Waals surface area contributed by atoms with Gasteiger partial charge in [-0.05, 0) is 26.2 Å². The van der Waals surface area contributed by atoms with Crippen molar-refractivity contribution in [1.29, 1.82) is 0 Å². The highest BCUT2D eigenvalue weighted by Crippen LogP contribution is 2.35. The molecule has 1 amide bonds. The zero-order valence-corrected chi connectivity index (χ0v) is 14.4. The van der Waals surface area contributed by atoms with Gasteiger partial charge in [-0.2, -0.15) is 5.10 Å². The van der Waals surface area contributed by atoms with E-state index in [9.17, 15) is 14.7 Å². The number of rotatable bonds is 5. The molecule has 0 saturated carbocycles. The summed E-state index contributed by atoms with van der Waals surface area (Å²) in [5.74, 6) is -1.21. The number of ether oxygens (including phenoxy) is 1. The van der Waals surface area contributed by atoms with Crippen molar-refractivity contribution in [3.8, 4) is 0 Å². The van der Waals surface area contributed by atoms with Gasteiger partial charge in [0.2, 0.25) is 0 Å². The van der Waals surface area contributed by atoms with Crippen LogP contribution in [-0.4, -0.2) is 58.5 Å². The molecule has 2 heterocycles. The van der Waals surface area contributed by atoms with Gasteiger partial charge in [-0.3, -0.25) is 14.3 Å². The molecule has 7 nitrogen and oxygen atoms in total. The average Bonchev–Trinajstić information content (AvgIpc) is 2.79. The normalized spacial score (nSPS) is 21.5. The summed E-state index contributed by atoms with van der Waals surface area (Å²) in [4.78, 5) is 26.0. The highest BCUT2D eigenvalue weighted by molar-refractivity contribution is 6.34. The van der Waals surface area contributed by atoms with Crippen LogP contribution < -0.4 is 0 Å². The number of nitrogens with zero attached hydrogens (tertiary/aromatic N) is 3. The van der Waals surface area contributed by atoms with Crippen molar-refractivity contribution < 1.29 is 19.4 Å². The maximum atomic E-state index is 12.7. The van der Waals surface area contributed by atoms with Gasteiger partial charge in [0.1, 0.15) is 0 Å². The quantitative estimate of drug-likeness (QED) is 0.880. The van der Waals surface area contributed by atoms with Gasteiger partial charge in [-0.1, -0.05) is 11.6 Å². The standard InChI is InChI=1S/C15H22ClN3O4/c1-10-11(16)12(17-18(10)2)13(20)19-7-4-5-15(9-19,14(21)22)6-8-23-3/h4-9H2,1-3H3,(H,21,22)/t15-/m0/s1. The summed E-state index contributed by atoms with van der Waals surface area (Å²) >= 11 is 6.18. The molecule has 1 atom stereocenters. The monoisotopic (exact) mass is 343 g/mol. The van der Waals surface area contributed by atoms with E-state index in [1.165, 1.54) is 7.11 Å². The van der Waals surface area contributed by atoms with E-state index in [1.54, 1.807) is 23.6 Å². The molecule has 0 unspecified atom stereocenters. The summed E-state index contributed by atoms with van der Waals surface area (Å²) in [5.41, 5.74) is -0.0873. The Bertz CT molecular complexity index is 616. The maximum absolute atomic E-state index is 12.7. The van der Waals surface area contributed by atoms with Crippen LogP contribution in [0, 0.1) is 12.3 Å². The molecule has 0 bridgehead atoms. The number of methoxy groups -OCH3 is 1. The first kappa shape index (κ1) is 17.7. The molecule has 23 heavy (non-hydrogen) atoms. The molecular formula is C15H22ClN3O4. The zero-order valence-electron chi connectivity index (χ0n) is 13.6. The van der Waals surface area contributed by atoms with Gasteiger partial charge >= 0.3 is 5.97 Å². The number of hydrogen-bond donors (Lipinski definition) is 1. The molecule has 1 aliphatic heterocycles. The van der Waals surface area contributed by atoms with Crippen LogP contribution in [0.1, 0.15) is 35.4 Å². The summed E-state index contributed by atoms with van der Waals surface area (Å²) in [6.07, 6.45) is 1.53. The molecule has 8 heteroatoms. The molecule has 1 aromatic rings. The van der Waals surface area contributed by atoms with E-state index < -0.39 is 11.4 Å². The second-order valence-corrected chi connectivity index (χ2v) is 6.41. The number of carbonyl (C=O) groups is 2. The third-order valence-electron chi connectivity index (χ3n) is 4.57. The number of piperidine rings is 1. The molecule has 1 aliphatic rings. The van der Waals surface area contributed by atoms with Crippen LogP contribution in [0.2, 0.25) is 5.02 Å². The van der Waals surface area contributed by atoms with Crippen molar-refractivity contribution in [2.45, 2.75) is 26.2 Å². The largest absolute Gasteiger partial charge is 0.481 e. The van der Waals surface area contributed by atoms with Gasteiger partial charge in [0.15, 0.2) is 5.69 Å². The average molecular weight is 344 g/mol. The molecule has 0 spiro atoms. The van der Waals surface area contributed by atoms with Crippen LogP contribution in [-0.2, 0) is 16.6 Å². The van der Waals surface area contributed by atoms with Crippen LogP contribution in [0.4, 0.5) is 0 Å². The number of aryl methyl sites for hydroxylation is 1. The van der Waals surface area contributed by atoms with Crippen molar-refractivity contribution >= 4 is 23.5 Å². The van der Waals surface area contributed by atoms with Gasteiger partial charge < -0.3 is 14.7 Å². The van der Waals surface area contributed by atoms with Gasteiger partial charge in [-0.15, -0.1) is 0 Å². The summed E-state index contributed by atoms with van der Waals surface area (Å²) < 4.78 is 6.59. The van der Waals surface area contributed by atoms with E-state index in [2.05, 4.69) is 5.10 Å². The lowest BCUT2D eigenvalue weighted by Crippen LogP contribution is -2.50. The second-order valence-electron chi connectivity index (χ2n) is 6.03. The minimum atomic E-state index is -0.972. The van der Waals surface area contributed by atoms with Crippen LogP contribution in [0.15, 0.2) is 0 Å². The Kier molecular flexibility index (Phi) is 5.31. The summed E-state index contributed by atoms with van der Waals surface area (Å²) in [6.45, 7) is 2.78. The Morgan fingerprint density at radius 2 is 2.17 bits per heavy atom. The minimum absolute atomic E-state index is 0.149. The lowest BCUT2D eigenvalue weighted by atomic mass is 9.77. The summed E-state index contributed by atoms with van der Waals surface area (Å²) in [7, 11) is 3.26. The molecule has 1 aromatic heterocycles. The molecule has 0 aliphatic carbocycles. The van der Waals surface area contributed by atoms with Crippen molar-refractivity contribution in [1.82, 2.24) is 14.7 Å². The fourth-order valence-corrected chi connectivity index (χ4v) is 3.20. The Morgan fingerprint density at radius 3 is 2.70 bits per heavy atom. The molecular weight excluding hydrogens is 322 g/mol. The van der Waals surface area contributed by atoms with Crippen LogP contribution >= 0.6 is 11.6 Å². The zero-order chi connectivity index (χ0) is 17.2. The van der Waals surface area contributed by atoms with Crippen molar-refractivity contribution in [2.24, 2.45) is 12.5 Å². The molecule has 1 saturated heterocycles. The number of amides is 1. The SMILES string of the molecule is COCC[C@@]1(C(=O)O)CCCN(C(=O)c2nn(C)c(C)c2Cl)C1. The van der Waals surface area contributed by atoms with E-state index >= 15 is 0 Å². The Hall–Kier alpha value is -1.60. The smallest absolute Gasteiger partial charge is 0.311 e. The summed E-state index contributed by atoms with van der Waals surface area (Å²) in [5, 5.41) is 14.1. The predicted molar refractivity (Wildman–Crippen MR) is 84.7 cm³/mol. The second kappa shape index (κ2) is 6.88. The lowest BCUT2D eigenvalue weighted by Gasteiger charge is -2.39. The van der Waals surface area contributed by atoms with E-state index in [0.29, 0.717) is 43.1 Å². The highest BCUT2D eigenvalue weighted by atomic mass is 35.5. The number of carbonyl (C=O) groups excluding carboxylic acids is 1. The Morgan fingerprint density at radius 1 is 1.48 bits per heavy atom. The fourth-order valence-electron chi connectivity index (χ4n) is 2.96. The highest BCUT2D eigenvalue weighted by Gasteiger charge is 2.44. The number of carboxylic acids is 1. The third kappa shape index (κ3) is 3.35. The fraction of sp³-hybridized carbons (Fsp3) is 0.667. The van der Waals surface area contributed by atoms with Gasteiger partial charge in [0, 0.05) is 33.9 Å². The lowest BCUT2D eigenvalue weighted by molar-refractivity contribution is -0.153. The first-order chi connectivity index (χ1) is 10.8. The molecule has 2 rings (SSSR count). The van der Waals surface area contributed by atoms with Crippen molar-refractivity contribution in [2.75, 3.05) is 26.8 Å². The number of halogens is 1. The molecule has 0 aromatic carbocycles. The first-order valence-electron chi connectivity index (χ1n) is 7.53. The van der Waals surface area contributed by atoms with Crippen LogP contribution in [0.3, 0.4) is 0 Å². The number of hydrogen-bond acceptors (Lipinski definition) is 4. The van der Waals surface area contributed by atoms with E-state index in [0.717, 1.165) is 0 Å². The maximum Gasteiger partial charge on any atom is 0.311 e. The number of aromatic nitrogens is 2. The van der Waals surface area contributed by atoms with Gasteiger partial charge in [-0.25, -0.2) is 0 Å². The Labute approximate surface area is 140 Å². The molecule has 128 valence electrons. The van der Waals surface area contributed by atoms with Gasteiger partial charge in [0.05, 0.1) is 16.1 Å². The topological polar surface area (TPSA) is 84.7 Å². The van der Waals surface area contributed by atoms with Crippen molar-refractivity contribution in [3.05, 3.63) is 16.4 Å². The summed E-state index contributed by atoms with van der Waals surface area (Å²) in [6, 6.07) is 0. The molecule has 0 radical (unpaired) electrons. The Balaban J connectivity index is 2.24. The first-order valence-corrected chi connectivity index (χ1v) is 7.91. The van der Waals surface area contributed by atoms with Crippen molar-refractivity contribution in [3.63, 3.8) is 0 Å². The van der Waals surface area contributed by atoms with Crippen LogP contribution in [0.5, 0.6) is 0 Å². The van der Waals surface area contributed by atoms with Crippen LogP contribution in [0.25, 0.3) is 0 Å². The number of carboxylic acid groups (broad SMARTS) is 1. The third-order valence-corrected chi connectivity index (χ3v) is 5.02. The predicted octanol–water partition coefficient (Wildman–Crippen LogP) is 1.73.